The highest BCUT2D eigenvalue weighted by atomic mass is 19.1. The van der Waals surface area contributed by atoms with E-state index in [0.29, 0.717) is 31.0 Å². The molecule has 1 aliphatic heterocycles. The summed E-state index contributed by atoms with van der Waals surface area (Å²) < 4.78 is 13.9. The van der Waals surface area contributed by atoms with Crippen molar-refractivity contribution in [3.8, 4) is 0 Å². The third-order valence-corrected chi connectivity index (χ3v) is 5.38. The molecule has 1 aromatic carbocycles. The van der Waals surface area contributed by atoms with Gasteiger partial charge in [0.2, 0.25) is 5.82 Å². The second-order valence-corrected chi connectivity index (χ2v) is 7.62. The zero-order valence-corrected chi connectivity index (χ0v) is 17.3. The van der Waals surface area contributed by atoms with Crippen LogP contribution < -0.4 is 21.3 Å². The summed E-state index contributed by atoms with van der Waals surface area (Å²) in [6.45, 7) is 1.45. The predicted octanol–water partition coefficient (Wildman–Crippen LogP) is 3.62. The molecule has 10 heteroatoms. The SMILES string of the molecule is NC1CCN(c2ccc(Nc3nc(NCc4ccncc4)ccc3[N+](=O)[O-])cc2)CC1F. The second kappa shape index (κ2) is 9.56. The predicted molar refractivity (Wildman–Crippen MR) is 122 cm³/mol. The van der Waals surface area contributed by atoms with Gasteiger partial charge in [0.25, 0.3) is 0 Å². The van der Waals surface area contributed by atoms with Gasteiger partial charge in [-0.2, -0.15) is 0 Å². The Kier molecular flexibility index (Phi) is 6.41. The van der Waals surface area contributed by atoms with Crippen LogP contribution in [0.25, 0.3) is 0 Å². The van der Waals surface area contributed by atoms with Crippen LogP contribution in [0.3, 0.4) is 0 Å². The standard InChI is InChI=1S/C22H24FN7O2/c23-18-14-29(12-9-19(18)24)17-3-1-16(2-4-17)27-22-20(30(31)32)5-6-21(28-22)26-13-15-7-10-25-11-8-15/h1-8,10-11,18-19H,9,12-14,24H2,(H2,26,27,28). The number of rotatable bonds is 7. The highest BCUT2D eigenvalue weighted by Gasteiger charge is 2.26. The molecule has 1 saturated heterocycles. The quantitative estimate of drug-likeness (QED) is 0.378. The van der Waals surface area contributed by atoms with Gasteiger partial charge in [0.1, 0.15) is 12.0 Å². The zero-order valence-electron chi connectivity index (χ0n) is 17.3. The van der Waals surface area contributed by atoms with Crippen molar-refractivity contribution in [1.82, 2.24) is 9.97 Å². The number of hydrogen-bond donors (Lipinski definition) is 3. The Balaban J connectivity index is 1.47. The Morgan fingerprint density at radius 1 is 1.16 bits per heavy atom. The number of hydrogen-bond acceptors (Lipinski definition) is 8. The Bertz CT molecular complexity index is 1070. The minimum atomic E-state index is -1.06. The van der Waals surface area contributed by atoms with E-state index in [1.807, 2.05) is 29.2 Å². The topological polar surface area (TPSA) is 122 Å². The number of anilines is 4. The molecule has 3 aromatic rings. The molecule has 0 bridgehead atoms. The first-order valence-electron chi connectivity index (χ1n) is 10.3. The number of nitrogens with one attached hydrogen (secondary N) is 2. The molecule has 4 rings (SSSR count). The molecule has 0 spiro atoms. The number of halogens is 1. The Hall–Kier alpha value is -3.79. The molecule has 0 aliphatic carbocycles. The van der Waals surface area contributed by atoms with E-state index in [9.17, 15) is 14.5 Å². The van der Waals surface area contributed by atoms with Gasteiger partial charge in [0.05, 0.1) is 11.5 Å². The molecule has 0 saturated carbocycles. The lowest BCUT2D eigenvalue weighted by molar-refractivity contribution is -0.384. The molecule has 0 radical (unpaired) electrons. The molecule has 0 amide bonds. The van der Waals surface area contributed by atoms with Crippen LogP contribution in [0.1, 0.15) is 12.0 Å². The summed E-state index contributed by atoms with van der Waals surface area (Å²) in [6, 6.07) is 13.6. The third-order valence-electron chi connectivity index (χ3n) is 5.38. The van der Waals surface area contributed by atoms with E-state index >= 15 is 0 Å². The average molecular weight is 437 g/mol. The van der Waals surface area contributed by atoms with E-state index in [2.05, 4.69) is 20.6 Å². The Morgan fingerprint density at radius 2 is 1.91 bits per heavy atom. The van der Waals surface area contributed by atoms with Gasteiger partial charge in [-0.1, -0.05) is 0 Å². The van der Waals surface area contributed by atoms with Crippen molar-refractivity contribution in [2.45, 2.75) is 25.2 Å². The fraction of sp³-hybridized carbons (Fsp3) is 0.273. The summed E-state index contributed by atoms with van der Waals surface area (Å²) in [5.41, 5.74) is 8.15. The van der Waals surface area contributed by atoms with Crippen LogP contribution in [0.4, 0.5) is 33.1 Å². The normalized spacial score (nSPS) is 18.2. The van der Waals surface area contributed by atoms with Gasteiger partial charge in [0, 0.05) is 49.0 Å². The Morgan fingerprint density at radius 3 is 2.59 bits per heavy atom. The summed E-state index contributed by atoms with van der Waals surface area (Å²) >= 11 is 0. The van der Waals surface area contributed by atoms with E-state index in [1.54, 1.807) is 30.6 Å². The lowest BCUT2D eigenvalue weighted by atomic mass is 10.0. The first-order valence-corrected chi connectivity index (χ1v) is 10.3. The lowest BCUT2D eigenvalue weighted by Crippen LogP contribution is -2.48. The minimum Gasteiger partial charge on any atom is -0.368 e. The van der Waals surface area contributed by atoms with Gasteiger partial charge in [-0.25, -0.2) is 9.37 Å². The van der Waals surface area contributed by atoms with E-state index in [-0.39, 0.29) is 18.1 Å². The monoisotopic (exact) mass is 437 g/mol. The number of nitrogens with two attached hydrogens (primary N) is 1. The summed E-state index contributed by atoms with van der Waals surface area (Å²) in [5.74, 6) is 0.639. The largest absolute Gasteiger partial charge is 0.368 e. The van der Waals surface area contributed by atoms with Gasteiger partial charge < -0.3 is 21.3 Å². The summed E-state index contributed by atoms with van der Waals surface area (Å²) in [4.78, 5) is 21.3. The summed E-state index contributed by atoms with van der Waals surface area (Å²) in [7, 11) is 0. The van der Waals surface area contributed by atoms with Crippen molar-refractivity contribution in [3.63, 3.8) is 0 Å². The molecule has 4 N–H and O–H groups in total. The second-order valence-electron chi connectivity index (χ2n) is 7.62. The number of aromatic nitrogens is 2. The van der Waals surface area contributed by atoms with Crippen molar-refractivity contribution < 1.29 is 9.31 Å². The molecule has 32 heavy (non-hydrogen) atoms. The first kappa shape index (κ1) is 21.4. The third kappa shape index (κ3) is 5.09. The first-order chi connectivity index (χ1) is 15.5. The zero-order chi connectivity index (χ0) is 22.5. The number of piperidine rings is 1. The number of pyridine rings is 2. The number of benzene rings is 1. The number of alkyl halides is 1. The van der Waals surface area contributed by atoms with Crippen molar-refractivity contribution in [1.29, 1.82) is 0 Å². The Labute approximate surface area is 184 Å². The van der Waals surface area contributed by atoms with E-state index in [4.69, 9.17) is 5.73 Å². The molecular weight excluding hydrogens is 413 g/mol. The smallest absolute Gasteiger partial charge is 0.311 e. The fourth-order valence-corrected chi connectivity index (χ4v) is 3.53. The molecule has 1 fully saturated rings. The maximum atomic E-state index is 13.9. The van der Waals surface area contributed by atoms with Crippen LogP contribution in [0, 0.1) is 10.1 Å². The lowest BCUT2D eigenvalue weighted by Gasteiger charge is -2.34. The van der Waals surface area contributed by atoms with Crippen LogP contribution in [0.5, 0.6) is 0 Å². The average Bonchev–Trinajstić information content (AvgIpc) is 2.81. The van der Waals surface area contributed by atoms with Crippen molar-refractivity contribution in [2.75, 3.05) is 28.6 Å². The molecular formula is C22H24FN7O2. The number of nitro groups is 1. The molecule has 9 nitrogen and oxygen atoms in total. The summed E-state index contributed by atoms with van der Waals surface area (Å²) in [5, 5.41) is 17.6. The maximum Gasteiger partial charge on any atom is 0.311 e. The molecule has 1 aliphatic rings. The van der Waals surface area contributed by atoms with E-state index in [0.717, 1.165) is 11.3 Å². The minimum absolute atomic E-state index is 0.131. The van der Waals surface area contributed by atoms with E-state index in [1.165, 1.54) is 6.07 Å². The highest BCUT2D eigenvalue weighted by Crippen LogP contribution is 2.29. The van der Waals surface area contributed by atoms with E-state index < -0.39 is 17.1 Å². The van der Waals surface area contributed by atoms with Gasteiger partial charge in [0.15, 0.2) is 0 Å². The molecule has 166 valence electrons. The van der Waals surface area contributed by atoms with Gasteiger partial charge in [-0.05, 0) is 54.4 Å². The molecule has 2 unspecified atom stereocenters. The molecule has 2 aromatic heterocycles. The van der Waals surface area contributed by atoms with Crippen LogP contribution in [0.15, 0.2) is 60.9 Å². The molecule has 2 atom stereocenters. The van der Waals surface area contributed by atoms with Gasteiger partial charge >= 0.3 is 5.69 Å². The summed E-state index contributed by atoms with van der Waals surface area (Å²) in [6.07, 6.45) is 2.93. The number of nitrogens with zero attached hydrogens (tertiary/aromatic N) is 4. The van der Waals surface area contributed by atoms with Gasteiger partial charge in [-0.3, -0.25) is 15.1 Å². The van der Waals surface area contributed by atoms with Crippen LogP contribution >= 0.6 is 0 Å². The fourth-order valence-electron chi connectivity index (χ4n) is 3.53. The van der Waals surface area contributed by atoms with Crippen LogP contribution in [-0.2, 0) is 6.54 Å². The van der Waals surface area contributed by atoms with Crippen molar-refractivity contribution in [2.24, 2.45) is 5.73 Å². The molecule has 3 heterocycles. The van der Waals surface area contributed by atoms with Crippen LogP contribution in [0.2, 0.25) is 0 Å². The maximum absolute atomic E-state index is 13.9. The van der Waals surface area contributed by atoms with Crippen LogP contribution in [-0.4, -0.2) is 40.2 Å². The highest BCUT2D eigenvalue weighted by molar-refractivity contribution is 5.69. The van der Waals surface area contributed by atoms with Crippen molar-refractivity contribution in [3.05, 3.63) is 76.6 Å². The van der Waals surface area contributed by atoms with Crippen molar-refractivity contribution >= 4 is 28.7 Å². The van der Waals surface area contributed by atoms with Gasteiger partial charge in [-0.15, -0.1) is 0 Å².